The van der Waals surface area contributed by atoms with E-state index >= 15 is 0 Å². The molecular formula is C31H39N3O5. The number of ether oxygens (including phenoxy) is 1. The second kappa shape index (κ2) is 11.1. The first-order chi connectivity index (χ1) is 18.9. The minimum absolute atomic E-state index is 0.271. The van der Waals surface area contributed by atoms with Gasteiger partial charge in [0.15, 0.2) is 0 Å². The smallest absolute Gasteiger partial charge is 0.245 e. The first kappa shape index (κ1) is 27.3. The summed E-state index contributed by atoms with van der Waals surface area (Å²) in [4.78, 5) is 43.8. The van der Waals surface area contributed by atoms with Crippen molar-refractivity contribution in [1.29, 1.82) is 0 Å². The second-order valence-corrected chi connectivity index (χ2v) is 11.0. The normalized spacial score (nSPS) is 29.8. The van der Waals surface area contributed by atoms with Crippen molar-refractivity contribution in [1.82, 2.24) is 10.2 Å². The summed E-state index contributed by atoms with van der Waals surface area (Å²) >= 11 is 0. The highest BCUT2D eigenvalue weighted by molar-refractivity contribution is 6.02. The summed E-state index contributed by atoms with van der Waals surface area (Å²) < 4.78 is 6.82. The number of nitrogens with one attached hydrogen (secondary N) is 2. The predicted molar refractivity (Wildman–Crippen MR) is 148 cm³/mol. The maximum Gasteiger partial charge on any atom is 0.245 e. The molecule has 2 bridgehead atoms. The molecule has 0 aromatic heterocycles. The Bertz CT molecular complexity index is 1190. The molecule has 6 atom stereocenters. The molecule has 2 aromatic carbocycles. The van der Waals surface area contributed by atoms with E-state index in [9.17, 15) is 19.5 Å². The Morgan fingerprint density at radius 3 is 2.36 bits per heavy atom. The van der Waals surface area contributed by atoms with Crippen LogP contribution in [0, 0.1) is 11.8 Å². The Kier molecular flexibility index (Phi) is 7.78. The third kappa shape index (κ3) is 4.53. The molecule has 8 nitrogen and oxygen atoms in total. The Labute approximate surface area is 230 Å². The summed E-state index contributed by atoms with van der Waals surface area (Å²) in [5.41, 5.74) is -0.579. The van der Waals surface area contributed by atoms with Crippen molar-refractivity contribution in [2.45, 2.75) is 75.7 Å². The SMILES string of the molecule is CCCCCNC(=O)C1N([C@H](CO)c2ccccc2)C(=O)[C@@H]2[C@@H](C(=O)Nc3ccccc3)[C@@]3(CC)CCC12O3. The number of amides is 3. The predicted octanol–water partition coefficient (Wildman–Crippen LogP) is 3.82. The number of nitrogens with zero attached hydrogens (tertiary/aromatic N) is 1. The molecule has 39 heavy (non-hydrogen) atoms. The van der Waals surface area contributed by atoms with Gasteiger partial charge in [-0.25, -0.2) is 0 Å². The molecule has 1 spiro atoms. The standard InChI is InChI=1S/C31H39N3O5/c1-3-5-12-19-32-28(37)26-31-18-17-30(4-2,39-31)24(27(36)33-22-15-10-7-11-16-22)25(31)29(38)34(26)23(20-35)21-13-8-6-9-14-21/h6-11,13-16,23-26,35H,3-5,12,17-20H2,1-2H3,(H,32,37)(H,33,36)/t23-,24+,25+,26?,30-,31?/m1/s1. The quantitative estimate of drug-likeness (QED) is 0.381. The monoisotopic (exact) mass is 533 g/mol. The molecule has 5 rings (SSSR count). The summed E-state index contributed by atoms with van der Waals surface area (Å²) in [6.45, 7) is 4.23. The van der Waals surface area contributed by atoms with Crippen molar-refractivity contribution in [3.63, 3.8) is 0 Å². The van der Waals surface area contributed by atoms with Gasteiger partial charge in [-0.1, -0.05) is 75.2 Å². The summed E-state index contributed by atoms with van der Waals surface area (Å²) in [6.07, 6.45) is 4.49. The molecule has 3 saturated heterocycles. The number of hydrogen-bond donors (Lipinski definition) is 3. The van der Waals surface area contributed by atoms with Gasteiger partial charge in [0.1, 0.15) is 11.6 Å². The Hall–Kier alpha value is -3.23. The number of carbonyl (C=O) groups is 3. The molecule has 8 heteroatoms. The molecule has 0 radical (unpaired) electrons. The number of hydrogen-bond acceptors (Lipinski definition) is 5. The van der Waals surface area contributed by atoms with E-state index in [1.165, 1.54) is 4.90 Å². The lowest BCUT2D eigenvalue weighted by atomic mass is 9.65. The third-order valence-corrected chi connectivity index (χ3v) is 8.96. The lowest BCUT2D eigenvalue weighted by Gasteiger charge is -2.37. The van der Waals surface area contributed by atoms with E-state index < -0.39 is 35.1 Å². The fraction of sp³-hybridized carbons (Fsp3) is 0.516. The van der Waals surface area contributed by atoms with Crippen molar-refractivity contribution in [2.75, 3.05) is 18.5 Å². The van der Waals surface area contributed by atoms with Gasteiger partial charge < -0.3 is 25.4 Å². The van der Waals surface area contributed by atoms with Crippen molar-refractivity contribution in [2.24, 2.45) is 11.8 Å². The number of rotatable bonds is 11. The van der Waals surface area contributed by atoms with E-state index in [1.807, 2.05) is 67.6 Å². The average Bonchev–Trinajstić information content (AvgIpc) is 3.56. The van der Waals surface area contributed by atoms with E-state index in [0.717, 1.165) is 24.8 Å². The van der Waals surface area contributed by atoms with Gasteiger partial charge in [0.2, 0.25) is 17.7 Å². The van der Waals surface area contributed by atoms with Gasteiger partial charge >= 0.3 is 0 Å². The molecule has 3 aliphatic heterocycles. The van der Waals surface area contributed by atoms with Crippen LogP contribution in [0.5, 0.6) is 0 Å². The highest BCUT2D eigenvalue weighted by Gasteiger charge is 2.79. The number of carbonyl (C=O) groups excluding carboxylic acids is 3. The summed E-state index contributed by atoms with van der Waals surface area (Å²) in [5, 5.41) is 16.6. The van der Waals surface area contributed by atoms with Crippen LogP contribution >= 0.6 is 0 Å². The van der Waals surface area contributed by atoms with Crippen molar-refractivity contribution < 1.29 is 24.2 Å². The van der Waals surface area contributed by atoms with Gasteiger partial charge in [-0.05, 0) is 43.4 Å². The Morgan fingerprint density at radius 2 is 1.72 bits per heavy atom. The number of aliphatic hydroxyl groups excluding tert-OH is 1. The maximum absolute atomic E-state index is 14.4. The van der Waals surface area contributed by atoms with E-state index in [-0.39, 0.29) is 24.3 Å². The molecular weight excluding hydrogens is 494 g/mol. The maximum atomic E-state index is 14.4. The minimum Gasteiger partial charge on any atom is -0.394 e. The molecule has 3 heterocycles. The number of anilines is 1. The van der Waals surface area contributed by atoms with Crippen LogP contribution in [0.4, 0.5) is 5.69 Å². The second-order valence-electron chi connectivity index (χ2n) is 11.0. The number of unbranched alkanes of at least 4 members (excludes halogenated alkanes) is 2. The molecule has 2 unspecified atom stereocenters. The fourth-order valence-electron chi connectivity index (χ4n) is 7.14. The van der Waals surface area contributed by atoms with Gasteiger partial charge in [0.25, 0.3) is 0 Å². The highest BCUT2D eigenvalue weighted by atomic mass is 16.5. The minimum atomic E-state index is -1.14. The zero-order chi connectivity index (χ0) is 27.6. The third-order valence-electron chi connectivity index (χ3n) is 8.96. The van der Waals surface area contributed by atoms with Crippen LogP contribution in [-0.4, -0.2) is 58.1 Å². The number of likely N-dealkylation sites (tertiary alicyclic amines) is 1. The van der Waals surface area contributed by atoms with Crippen LogP contribution in [0.15, 0.2) is 60.7 Å². The number of para-hydroxylation sites is 1. The lowest BCUT2D eigenvalue weighted by molar-refractivity contribution is -0.150. The Balaban J connectivity index is 1.55. The van der Waals surface area contributed by atoms with Gasteiger partial charge in [-0.3, -0.25) is 14.4 Å². The molecule has 0 aliphatic carbocycles. The molecule has 2 aromatic rings. The van der Waals surface area contributed by atoms with Crippen LogP contribution in [0.2, 0.25) is 0 Å². The number of aliphatic hydroxyl groups is 1. The average molecular weight is 534 g/mol. The lowest BCUT2D eigenvalue weighted by Crippen LogP contribution is -2.56. The van der Waals surface area contributed by atoms with Crippen LogP contribution < -0.4 is 10.6 Å². The van der Waals surface area contributed by atoms with Gasteiger partial charge in [0, 0.05) is 12.2 Å². The van der Waals surface area contributed by atoms with Crippen LogP contribution in [0.25, 0.3) is 0 Å². The first-order valence-electron chi connectivity index (χ1n) is 14.2. The summed E-state index contributed by atoms with van der Waals surface area (Å²) in [7, 11) is 0. The molecule has 208 valence electrons. The number of benzene rings is 2. The van der Waals surface area contributed by atoms with Crippen molar-refractivity contribution in [3.05, 3.63) is 66.2 Å². The largest absolute Gasteiger partial charge is 0.394 e. The zero-order valence-corrected chi connectivity index (χ0v) is 22.8. The molecule has 3 fully saturated rings. The fourth-order valence-corrected chi connectivity index (χ4v) is 7.14. The van der Waals surface area contributed by atoms with E-state index in [4.69, 9.17) is 4.74 Å². The molecule has 3 amide bonds. The Morgan fingerprint density at radius 1 is 1.03 bits per heavy atom. The van der Waals surface area contributed by atoms with Crippen LogP contribution in [0.3, 0.4) is 0 Å². The first-order valence-corrected chi connectivity index (χ1v) is 14.2. The zero-order valence-electron chi connectivity index (χ0n) is 22.8. The molecule has 3 aliphatic rings. The van der Waals surface area contributed by atoms with Gasteiger partial charge in [-0.2, -0.15) is 0 Å². The van der Waals surface area contributed by atoms with Crippen molar-refractivity contribution >= 4 is 23.4 Å². The van der Waals surface area contributed by atoms with E-state index in [1.54, 1.807) is 0 Å². The topological polar surface area (TPSA) is 108 Å². The van der Waals surface area contributed by atoms with Crippen molar-refractivity contribution in [3.8, 4) is 0 Å². The molecule has 0 saturated carbocycles. The number of fused-ring (bicyclic) bond motifs is 1. The highest BCUT2D eigenvalue weighted by Crippen LogP contribution is 2.65. The summed E-state index contributed by atoms with van der Waals surface area (Å²) in [6, 6.07) is 16.8. The van der Waals surface area contributed by atoms with E-state index in [0.29, 0.717) is 31.5 Å². The van der Waals surface area contributed by atoms with Gasteiger partial charge in [-0.15, -0.1) is 0 Å². The van der Waals surface area contributed by atoms with Crippen LogP contribution in [-0.2, 0) is 19.1 Å². The van der Waals surface area contributed by atoms with Crippen LogP contribution in [0.1, 0.15) is 64.0 Å². The van der Waals surface area contributed by atoms with Gasteiger partial charge in [0.05, 0.1) is 30.1 Å². The summed E-state index contributed by atoms with van der Waals surface area (Å²) in [5.74, 6) is -2.44. The molecule has 3 N–H and O–H groups in total. The van der Waals surface area contributed by atoms with E-state index in [2.05, 4.69) is 17.6 Å².